The predicted octanol–water partition coefficient (Wildman–Crippen LogP) is 2.57. The number of benzene rings is 1. The first kappa shape index (κ1) is 11.9. The van der Waals surface area contributed by atoms with Gasteiger partial charge >= 0.3 is 5.97 Å². The second-order valence-electron chi connectivity index (χ2n) is 4.27. The van der Waals surface area contributed by atoms with Gasteiger partial charge in [-0.3, -0.25) is 0 Å². The van der Waals surface area contributed by atoms with Crippen LogP contribution < -0.4 is 9.47 Å². The van der Waals surface area contributed by atoms with E-state index in [9.17, 15) is 4.79 Å². The summed E-state index contributed by atoms with van der Waals surface area (Å²) >= 11 is 0. The maximum atomic E-state index is 12.0. The highest BCUT2D eigenvalue weighted by Gasteiger charge is 2.21. The summed E-state index contributed by atoms with van der Waals surface area (Å²) in [5, 5.41) is 0.838. The normalized spacial score (nSPS) is 12.9. The van der Waals surface area contributed by atoms with Gasteiger partial charge in [-0.1, -0.05) is 0 Å². The summed E-state index contributed by atoms with van der Waals surface area (Å²) in [5.74, 6) is 1.08. The molecular weight excluding hydrogens is 246 g/mol. The molecule has 100 valence electrons. The number of fused-ring (bicyclic) bond motifs is 2. The molecule has 0 amide bonds. The molecule has 0 bridgehead atoms. The van der Waals surface area contributed by atoms with Gasteiger partial charge in [-0.15, -0.1) is 0 Å². The summed E-state index contributed by atoms with van der Waals surface area (Å²) in [5.41, 5.74) is 1.52. The van der Waals surface area contributed by atoms with E-state index in [-0.39, 0.29) is 12.8 Å². The van der Waals surface area contributed by atoms with Crippen molar-refractivity contribution < 1.29 is 19.0 Å². The van der Waals surface area contributed by atoms with Crippen molar-refractivity contribution >= 4 is 16.9 Å². The number of carbonyl (C=O) groups is 1. The van der Waals surface area contributed by atoms with Crippen LogP contribution in [0.25, 0.3) is 10.9 Å². The van der Waals surface area contributed by atoms with Crippen LogP contribution >= 0.6 is 0 Å². The van der Waals surface area contributed by atoms with E-state index in [1.54, 1.807) is 6.92 Å². The Morgan fingerprint density at radius 2 is 2.05 bits per heavy atom. The van der Waals surface area contributed by atoms with Crippen molar-refractivity contribution in [2.75, 3.05) is 13.4 Å². The van der Waals surface area contributed by atoms with Gasteiger partial charge in [0.1, 0.15) is 0 Å². The average Bonchev–Trinajstić information content (AvgIpc) is 2.99. The Morgan fingerprint density at radius 3 is 2.74 bits per heavy atom. The van der Waals surface area contributed by atoms with E-state index in [2.05, 4.69) is 0 Å². The van der Waals surface area contributed by atoms with Crippen LogP contribution in [0, 0.1) is 0 Å². The summed E-state index contributed by atoms with van der Waals surface area (Å²) in [6.07, 6.45) is 1.82. The number of carbonyl (C=O) groups excluding carboxylic acids is 1. The number of ether oxygens (including phenoxy) is 3. The van der Waals surface area contributed by atoms with Gasteiger partial charge in [0.2, 0.25) is 6.79 Å². The SMILES string of the molecule is CCOC(=O)c1cn(CC)c2cc3c(cc12)OCO3. The number of nitrogens with zero attached hydrogens (tertiary/aromatic N) is 1. The van der Waals surface area contributed by atoms with Gasteiger partial charge in [-0.2, -0.15) is 0 Å². The van der Waals surface area contributed by atoms with Gasteiger partial charge in [0.15, 0.2) is 11.5 Å². The minimum absolute atomic E-state index is 0.225. The van der Waals surface area contributed by atoms with Crippen molar-refractivity contribution in [3.63, 3.8) is 0 Å². The van der Waals surface area contributed by atoms with Crippen molar-refractivity contribution in [3.05, 3.63) is 23.9 Å². The third-order valence-electron chi connectivity index (χ3n) is 3.21. The first-order chi connectivity index (χ1) is 9.24. The molecule has 0 saturated carbocycles. The molecule has 2 heterocycles. The van der Waals surface area contributed by atoms with Crippen LogP contribution in [-0.2, 0) is 11.3 Å². The minimum atomic E-state index is -0.307. The second kappa shape index (κ2) is 4.50. The fraction of sp³-hybridized carbons (Fsp3) is 0.357. The molecule has 5 nitrogen and oxygen atoms in total. The van der Waals surface area contributed by atoms with E-state index in [0.29, 0.717) is 17.9 Å². The maximum Gasteiger partial charge on any atom is 0.340 e. The summed E-state index contributed by atoms with van der Waals surface area (Å²) in [6.45, 7) is 5.19. The van der Waals surface area contributed by atoms with Crippen molar-refractivity contribution in [1.82, 2.24) is 4.57 Å². The lowest BCUT2D eigenvalue weighted by atomic mass is 10.1. The number of hydrogen-bond donors (Lipinski definition) is 0. The molecule has 0 radical (unpaired) electrons. The molecule has 3 rings (SSSR count). The van der Waals surface area contributed by atoms with Crippen LogP contribution in [0.5, 0.6) is 11.5 Å². The molecule has 5 heteroatoms. The number of aryl methyl sites for hydroxylation is 1. The molecule has 1 aliphatic heterocycles. The molecule has 0 N–H and O–H groups in total. The van der Waals surface area contributed by atoms with E-state index in [4.69, 9.17) is 14.2 Å². The molecule has 0 atom stereocenters. The predicted molar refractivity (Wildman–Crippen MR) is 69.7 cm³/mol. The molecule has 0 spiro atoms. The topological polar surface area (TPSA) is 49.7 Å². The van der Waals surface area contributed by atoms with Crippen molar-refractivity contribution in [2.45, 2.75) is 20.4 Å². The molecule has 0 saturated heterocycles. The number of hydrogen-bond acceptors (Lipinski definition) is 4. The van der Waals surface area contributed by atoms with E-state index < -0.39 is 0 Å². The Labute approximate surface area is 110 Å². The van der Waals surface area contributed by atoms with Crippen molar-refractivity contribution in [3.8, 4) is 11.5 Å². The molecule has 19 heavy (non-hydrogen) atoms. The summed E-state index contributed by atoms with van der Waals surface area (Å²) < 4.78 is 17.8. The molecular formula is C14H15NO4. The minimum Gasteiger partial charge on any atom is -0.462 e. The smallest absolute Gasteiger partial charge is 0.340 e. The second-order valence-corrected chi connectivity index (χ2v) is 4.27. The van der Waals surface area contributed by atoms with Gasteiger partial charge in [-0.05, 0) is 19.9 Å². The number of rotatable bonds is 3. The monoisotopic (exact) mass is 261 g/mol. The van der Waals surface area contributed by atoms with Gasteiger partial charge in [0.05, 0.1) is 17.7 Å². The van der Waals surface area contributed by atoms with Crippen LogP contribution in [-0.4, -0.2) is 23.9 Å². The average molecular weight is 261 g/mol. The van der Waals surface area contributed by atoms with E-state index in [1.165, 1.54) is 0 Å². The van der Waals surface area contributed by atoms with Gasteiger partial charge in [-0.25, -0.2) is 4.79 Å². The molecule has 2 aromatic rings. The lowest BCUT2D eigenvalue weighted by Gasteiger charge is -2.02. The Hall–Kier alpha value is -2.17. The summed E-state index contributed by atoms with van der Waals surface area (Å²) in [6, 6.07) is 3.75. The quantitative estimate of drug-likeness (QED) is 0.797. The zero-order chi connectivity index (χ0) is 13.4. The largest absolute Gasteiger partial charge is 0.462 e. The Morgan fingerprint density at radius 1 is 1.32 bits per heavy atom. The first-order valence-corrected chi connectivity index (χ1v) is 6.34. The fourth-order valence-corrected chi connectivity index (χ4v) is 2.31. The van der Waals surface area contributed by atoms with Crippen LogP contribution in [0.1, 0.15) is 24.2 Å². The highest BCUT2D eigenvalue weighted by molar-refractivity contribution is 6.05. The molecule has 0 fully saturated rings. The zero-order valence-electron chi connectivity index (χ0n) is 10.9. The molecule has 0 aliphatic carbocycles. The molecule has 1 aromatic carbocycles. The lowest BCUT2D eigenvalue weighted by molar-refractivity contribution is 0.0528. The Balaban J connectivity index is 2.20. The van der Waals surface area contributed by atoms with Crippen LogP contribution in [0.3, 0.4) is 0 Å². The zero-order valence-corrected chi connectivity index (χ0v) is 10.9. The van der Waals surface area contributed by atoms with Crippen LogP contribution in [0.4, 0.5) is 0 Å². The van der Waals surface area contributed by atoms with Crippen molar-refractivity contribution in [1.29, 1.82) is 0 Å². The maximum absolute atomic E-state index is 12.0. The molecule has 1 aromatic heterocycles. The number of esters is 1. The van der Waals surface area contributed by atoms with E-state index in [0.717, 1.165) is 23.2 Å². The summed E-state index contributed by atoms with van der Waals surface area (Å²) in [4.78, 5) is 12.0. The highest BCUT2D eigenvalue weighted by Crippen LogP contribution is 2.38. The third-order valence-corrected chi connectivity index (χ3v) is 3.21. The fourth-order valence-electron chi connectivity index (χ4n) is 2.31. The van der Waals surface area contributed by atoms with Crippen molar-refractivity contribution in [2.24, 2.45) is 0 Å². The molecule has 1 aliphatic rings. The Bertz CT molecular complexity index is 644. The highest BCUT2D eigenvalue weighted by atomic mass is 16.7. The van der Waals surface area contributed by atoms with Gasteiger partial charge in [0.25, 0.3) is 0 Å². The Kier molecular flexibility index (Phi) is 2.81. The van der Waals surface area contributed by atoms with Crippen LogP contribution in [0.2, 0.25) is 0 Å². The van der Waals surface area contributed by atoms with E-state index in [1.807, 2.05) is 29.8 Å². The van der Waals surface area contributed by atoms with Crippen LogP contribution in [0.15, 0.2) is 18.3 Å². The van der Waals surface area contributed by atoms with E-state index >= 15 is 0 Å². The molecule has 0 unspecified atom stereocenters. The van der Waals surface area contributed by atoms with Gasteiger partial charge < -0.3 is 18.8 Å². The number of aromatic nitrogens is 1. The third kappa shape index (κ3) is 1.82. The first-order valence-electron chi connectivity index (χ1n) is 6.34. The van der Waals surface area contributed by atoms with Gasteiger partial charge in [0, 0.05) is 24.2 Å². The summed E-state index contributed by atoms with van der Waals surface area (Å²) in [7, 11) is 0. The standard InChI is InChI=1S/C14H15NO4/c1-3-15-7-10(14(16)17-4-2)9-5-12-13(6-11(9)15)19-8-18-12/h5-7H,3-4,8H2,1-2H3. The lowest BCUT2D eigenvalue weighted by Crippen LogP contribution is -2.03.